The van der Waals surface area contributed by atoms with Crippen molar-refractivity contribution in [3.63, 3.8) is 0 Å². The van der Waals surface area contributed by atoms with E-state index in [0.29, 0.717) is 6.54 Å². The van der Waals surface area contributed by atoms with Gasteiger partial charge >= 0.3 is 0 Å². The van der Waals surface area contributed by atoms with Crippen LogP contribution in [0.15, 0.2) is 0 Å². The van der Waals surface area contributed by atoms with Crippen molar-refractivity contribution in [1.29, 1.82) is 0 Å². The molecule has 0 fully saturated rings. The Bertz CT molecular complexity index is 111. The summed E-state index contributed by atoms with van der Waals surface area (Å²) in [6, 6.07) is 0. The minimum atomic E-state index is -0.390. The molecule has 0 aliphatic rings. The largest absolute Gasteiger partial charge is 0.320 e. The van der Waals surface area contributed by atoms with Crippen LogP contribution in [0.4, 0.5) is 0 Å². The van der Waals surface area contributed by atoms with Gasteiger partial charge in [-0.1, -0.05) is 11.8 Å². The van der Waals surface area contributed by atoms with Crippen LogP contribution < -0.4 is 11.5 Å². The van der Waals surface area contributed by atoms with Gasteiger partial charge in [0.15, 0.2) is 0 Å². The van der Waals surface area contributed by atoms with Crippen molar-refractivity contribution in [3.05, 3.63) is 0 Å². The highest BCUT2D eigenvalue weighted by molar-refractivity contribution is 5.12. The molecule has 4 N–H and O–H groups in total. The van der Waals surface area contributed by atoms with Crippen molar-refractivity contribution >= 4 is 0 Å². The molecule has 0 saturated heterocycles. The standard InChI is InChI=1S/C6H12N2/c1-6(2,8)4-3-5-7/h5,7-8H2,1-2H3. The quantitative estimate of drug-likeness (QED) is 0.422. The molecule has 8 heavy (non-hydrogen) atoms. The van der Waals surface area contributed by atoms with E-state index in [1.165, 1.54) is 0 Å². The number of hydrogen-bond donors (Lipinski definition) is 2. The molecule has 0 aromatic heterocycles. The minimum absolute atomic E-state index is 0.390. The van der Waals surface area contributed by atoms with Gasteiger partial charge in [-0.3, -0.25) is 0 Å². The molecule has 0 heterocycles. The van der Waals surface area contributed by atoms with E-state index in [1.807, 2.05) is 13.8 Å². The second-order valence-electron chi connectivity index (χ2n) is 2.23. The van der Waals surface area contributed by atoms with Crippen molar-refractivity contribution in [2.45, 2.75) is 19.4 Å². The van der Waals surface area contributed by atoms with Gasteiger partial charge in [-0.25, -0.2) is 0 Å². The average Bonchev–Trinajstić information content (AvgIpc) is 1.59. The highest BCUT2D eigenvalue weighted by atomic mass is 14.7. The summed E-state index contributed by atoms with van der Waals surface area (Å²) in [5.74, 6) is 5.47. The Morgan fingerprint density at radius 2 is 2.00 bits per heavy atom. The first-order chi connectivity index (χ1) is 3.56. The summed E-state index contributed by atoms with van der Waals surface area (Å²) in [4.78, 5) is 0. The third kappa shape index (κ3) is 5.48. The van der Waals surface area contributed by atoms with Crippen molar-refractivity contribution in [3.8, 4) is 11.8 Å². The molecule has 0 atom stereocenters. The Labute approximate surface area is 50.2 Å². The molecular formula is C6H12N2. The first kappa shape index (κ1) is 7.48. The summed E-state index contributed by atoms with van der Waals surface area (Å²) >= 11 is 0. The molecule has 0 bridgehead atoms. The van der Waals surface area contributed by atoms with Gasteiger partial charge < -0.3 is 11.5 Å². The van der Waals surface area contributed by atoms with Crippen LogP contribution >= 0.6 is 0 Å². The fraction of sp³-hybridized carbons (Fsp3) is 0.667. The molecule has 0 aromatic rings. The monoisotopic (exact) mass is 112 g/mol. The molecule has 0 radical (unpaired) electrons. The Hall–Kier alpha value is -0.520. The maximum Gasteiger partial charge on any atom is 0.0719 e. The van der Waals surface area contributed by atoms with Crippen molar-refractivity contribution in [2.24, 2.45) is 11.5 Å². The van der Waals surface area contributed by atoms with Crippen LogP contribution in [0.5, 0.6) is 0 Å². The van der Waals surface area contributed by atoms with E-state index in [2.05, 4.69) is 11.8 Å². The van der Waals surface area contributed by atoms with Crippen LogP contribution in [0.3, 0.4) is 0 Å². The van der Waals surface area contributed by atoms with Gasteiger partial charge in [0.25, 0.3) is 0 Å². The second kappa shape index (κ2) is 2.71. The normalized spacial score (nSPS) is 10.0. The smallest absolute Gasteiger partial charge is 0.0719 e. The molecule has 0 aliphatic heterocycles. The molecular weight excluding hydrogens is 100 g/mol. The van der Waals surface area contributed by atoms with Crippen LogP contribution in [0, 0.1) is 11.8 Å². The molecule has 2 nitrogen and oxygen atoms in total. The molecule has 0 amide bonds. The zero-order valence-electron chi connectivity index (χ0n) is 5.36. The van der Waals surface area contributed by atoms with Crippen LogP contribution in [0.2, 0.25) is 0 Å². The van der Waals surface area contributed by atoms with E-state index in [9.17, 15) is 0 Å². The van der Waals surface area contributed by atoms with Crippen LogP contribution in [0.1, 0.15) is 13.8 Å². The predicted molar refractivity (Wildman–Crippen MR) is 35.1 cm³/mol. The molecule has 0 aromatic carbocycles. The summed E-state index contributed by atoms with van der Waals surface area (Å²) in [5.41, 5.74) is 10.2. The third-order valence-corrected chi connectivity index (χ3v) is 0.513. The van der Waals surface area contributed by atoms with Gasteiger partial charge in [-0.15, -0.1) is 0 Å². The second-order valence-corrected chi connectivity index (χ2v) is 2.23. The van der Waals surface area contributed by atoms with Crippen LogP contribution in [0.25, 0.3) is 0 Å². The van der Waals surface area contributed by atoms with Crippen molar-refractivity contribution < 1.29 is 0 Å². The predicted octanol–water partition coefficient (Wildman–Crippen LogP) is -0.314. The number of nitrogens with two attached hydrogens (primary N) is 2. The summed E-state index contributed by atoms with van der Waals surface area (Å²) in [5, 5.41) is 0. The van der Waals surface area contributed by atoms with Crippen LogP contribution in [-0.4, -0.2) is 12.1 Å². The highest BCUT2D eigenvalue weighted by Gasteiger charge is 2.02. The van der Waals surface area contributed by atoms with E-state index in [-0.39, 0.29) is 5.54 Å². The Morgan fingerprint density at radius 3 is 2.12 bits per heavy atom. The van der Waals surface area contributed by atoms with Gasteiger partial charge in [-0.05, 0) is 13.8 Å². The lowest BCUT2D eigenvalue weighted by atomic mass is 10.1. The molecule has 0 rings (SSSR count). The highest BCUT2D eigenvalue weighted by Crippen LogP contribution is 1.90. The summed E-state index contributed by atoms with van der Waals surface area (Å²) in [7, 11) is 0. The summed E-state index contributed by atoms with van der Waals surface area (Å²) < 4.78 is 0. The molecule has 2 heteroatoms. The lowest BCUT2D eigenvalue weighted by Gasteiger charge is -2.06. The van der Waals surface area contributed by atoms with Gasteiger partial charge in [0.05, 0.1) is 12.1 Å². The average molecular weight is 112 g/mol. The Morgan fingerprint density at radius 1 is 1.50 bits per heavy atom. The summed E-state index contributed by atoms with van der Waals surface area (Å²) in [6.45, 7) is 4.08. The van der Waals surface area contributed by atoms with Gasteiger partial charge in [-0.2, -0.15) is 0 Å². The lowest BCUT2D eigenvalue weighted by molar-refractivity contribution is 0.680. The third-order valence-electron chi connectivity index (χ3n) is 0.513. The van der Waals surface area contributed by atoms with E-state index in [1.54, 1.807) is 0 Å². The minimum Gasteiger partial charge on any atom is -0.320 e. The number of hydrogen-bond acceptors (Lipinski definition) is 2. The molecule has 46 valence electrons. The van der Waals surface area contributed by atoms with Crippen molar-refractivity contribution in [1.82, 2.24) is 0 Å². The molecule has 0 aliphatic carbocycles. The maximum atomic E-state index is 5.49. The van der Waals surface area contributed by atoms with E-state index in [4.69, 9.17) is 11.5 Å². The fourth-order valence-corrected chi connectivity index (χ4v) is 0.279. The summed E-state index contributed by atoms with van der Waals surface area (Å²) in [6.07, 6.45) is 0. The first-order valence-corrected chi connectivity index (χ1v) is 2.55. The lowest BCUT2D eigenvalue weighted by Crippen LogP contribution is -2.29. The fourth-order valence-electron chi connectivity index (χ4n) is 0.279. The van der Waals surface area contributed by atoms with Crippen LogP contribution in [-0.2, 0) is 0 Å². The van der Waals surface area contributed by atoms with Gasteiger partial charge in [0, 0.05) is 0 Å². The number of rotatable bonds is 0. The topological polar surface area (TPSA) is 52.0 Å². The zero-order valence-corrected chi connectivity index (χ0v) is 5.36. The first-order valence-electron chi connectivity index (χ1n) is 2.55. The molecule has 0 unspecified atom stereocenters. The maximum absolute atomic E-state index is 5.49. The molecule has 0 spiro atoms. The van der Waals surface area contributed by atoms with Gasteiger partial charge in [0.1, 0.15) is 0 Å². The Kier molecular flexibility index (Phi) is 2.53. The van der Waals surface area contributed by atoms with E-state index < -0.39 is 0 Å². The zero-order chi connectivity index (χ0) is 6.62. The van der Waals surface area contributed by atoms with E-state index in [0.717, 1.165) is 0 Å². The molecule has 0 saturated carbocycles. The van der Waals surface area contributed by atoms with Crippen molar-refractivity contribution in [2.75, 3.05) is 6.54 Å². The Balaban J connectivity index is 3.69. The van der Waals surface area contributed by atoms with Gasteiger partial charge in [0.2, 0.25) is 0 Å². The SMILES string of the molecule is CC(C)(N)C#CCN. The van der Waals surface area contributed by atoms with E-state index >= 15 is 0 Å².